The van der Waals surface area contributed by atoms with E-state index >= 15 is 0 Å². The molecular formula is C41H76NO10P. The molecule has 12 heteroatoms. The van der Waals surface area contributed by atoms with Gasteiger partial charge in [-0.2, -0.15) is 0 Å². The normalized spacial score (nSPS) is 20.0. The lowest BCUT2D eigenvalue weighted by Gasteiger charge is -2.19. The predicted molar refractivity (Wildman–Crippen MR) is 211 cm³/mol. The van der Waals surface area contributed by atoms with E-state index in [1.165, 1.54) is 70.5 Å². The number of esters is 1. The largest absolute Gasteiger partial charge is 0.492 e. The number of carbonyl (C=O) groups excluding carboxylic acids is 2. The number of unbranched alkanes of at least 4 members (excludes halogenated alkanes) is 17. The van der Waals surface area contributed by atoms with E-state index in [0.29, 0.717) is 19.3 Å². The van der Waals surface area contributed by atoms with Gasteiger partial charge in [-0.05, 0) is 38.2 Å². The number of Topliss-reactive ketones (excluding diaryl/α,β-unsaturated/α-hetero) is 1. The minimum absolute atomic E-state index is 0.0667. The van der Waals surface area contributed by atoms with Crippen molar-refractivity contribution in [1.29, 1.82) is 0 Å². The van der Waals surface area contributed by atoms with Crippen LogP contribution in [0.2, 0.25) is 0 Å². The fraction of sp³-hybridized carbons (Fsp3) is 0.854. The predicted octanol–water partition coefficient (Wildman–Crippen LogP) is 9.02. The second kappa shape index (κ2) is 32.6. The summed E-state index contributed by atoms with van der Waals surface area (Å²) in [5.74, 6) is -0.850. The molecule has 0 radical (unpaired) electrons. The molecule has 0 spiro atoms. The van der Waals surface area contributed by atoms with Crippen LogP contribution in [0.4, 0.5) is 0 Å². The average molecular weight is 774 g/mol. The van der Waals surface area contributed by atoms with Gasteiger partial charge in [0.15, 0.2) is 6.10 Å². The highest BCUT2D eigenvalue weighted by molar-refractivity contribution is 7.47. The Morgan fingerprint density at radius 2 is 1.47 bits per heavy atom. The van der Waals surface area contributed by atoms with Crippen molar-refractivity contribution in [2.75, 3.05) is 26.4 Å². The van der Waals surface area contributed by atoms with Gasteiger partial charge in [0.1, 0.15) is 12.4 Å². The zero-order valence-electron chi connectivity index (χ0n) is 33.2. The molecule has 1 rings (SSSR count). The summed E-state index contributed by atoms with van der Waals surface area (Å²) < 4.78 is 33.1. The Morgan fingerprint density at radius 1 is 0.868 bits per heavy atom. The van der Waals surface area contributed by atoms with E-state index < -0.39 is 32.1 Å². The molecule has 0 aliphatic heterocycles. The highest BCUT2D eigenvalue weighted by atomic mass is 31.2. The first-order valence-corrected chi connectivity index (χ1v) is 22.5. The van der Waals surface area contributed by atoms with E-state index in [4.69, 9.17) is 24.3 Å². The summed E-state index contributed by atoms with van der Waals surface area (Å²) in [6.45, 7) is 3.84. The highest BCUT2D eigenvalue weighted by Gasteiger charge is 2.39. The molecule has 0 aromatic heterocycles. The lowest BCUT2D eigenvalue weighted by Crippen LogP contribution is -2.25. The molecule has 0 aromatic rings. The summed E-state index contributed by atoms with van der Waals surface area (Å²) in [6.07, 6.45) is 29.0. The van der Waals surface area contributed by atoms with Crippen LogP contribution in [0.3, 0.4) is 0 Å². The Balaban J connectivity index is 2.36. The smallest absolute Gasteiger partial charge is 0.472 e. The Hall–Kier alpha value is -1.59. The Kier molecular flexibility index (Phi) is 30.4. The minimum atomic E-state index is -4.32. The molecule has 53 heavy (non-hydrogen) atoms. The summed E-state index contributed by atoms with van der Waals surface area (Å²) in [6, 6.07) is 0. The molecule has 0 saturated heterocycles. The van der Waals surface area contributed by atoms with Gasteiger partial charge in [-0.15, -0.1) is 0 Å². The van der Waals surface area contributed by atoms with Crippen LogP contribution >= 0.6 is 7.82 Å². The van der Waals surface area contributed by atoms with Crippen LogP contribution in [-0.4, -0.2) is 71.5 Å². The van der Waals surface area contributed by atoms with Gasteiger partial charge >= 0.3 is 13.8 Å². The van der Waals surface area contributed by atoms with Gasteiger partial charge in [-0.25, -0.2) is 4.57 Å². The number of ether oxygens (including phenoxy) is 2. The summed E-state index contributed by atoms with van der Waals surface area (Å²) >= 11 is 0. The molecule has 1 saturated carbocycles. The summed E-state index contributed by atoms with van der Waals surface area (Å²) in [7, 11) is -4.32. The zero-order valence-corrected chi connectivity index (χ0v) is 34.1. The van der Waals surface area contributed by atoms with Gasteiger partial charge in [0.25, 0.3) is 0 Å². The van der Waals surface area contributed by atoms with Crippen molar-refractivity contribution in [3.8, 4) is 0 Å². The Morgan fingerprint density at radius 3 is 2.13 bits per heavy atom. The maximum absolute atomic E-state index is 12.6. The first kappa shape index (κ1) is 49.4. The van der Waals surface area contributed by atoms with Crippen LogP contribution in [0.15, 0.2) is 24.5 Å². The number of hydrogen-bond donors (Lipinski definition) is 4. The third-order valence-corrected chi connectivity index (χ3v) is 10.8. The average Bonchev–Trinajstić information content (AvgIpc) is 3.41. The number of phosphoric ester groups is 1. The second-order valence-corrected chi connectivity index (χ2v) is 16.2. The molecule has 0 aromatic carbocycles. The van der Waals surface area contributed by atoms with Crippen molar-refractivity contribution in [3.05, 3.63) is 24.5 Å². The van der Waals surface area contributed by atoms with Crippen molar-refractivity contribution < 1.29 is 47.8 Å². The van der Waals surface area contributed by atoms with Gasteiger partial charge in [0.05, 0.1) is 31.7 Å². The molecule has 0 bridgehead atoms. The maximum atomic E-state index is 12.6. The molecule has 5 N–H and O–H groups in total. The summed E-state index contributed by atoms with van der Waals surface area (Å²) in [5.41, 5.74) is 5.35. The Labute approximate surface area is 321 Å². The second-order valence-electron chi connectivity index (χ2n) is 14.7. The molecule has 1 aliphatic rings. The first-order valence-electron chi connectivity index (χ1n) is 21.0. The summed E-state index contributed by atoms with van der Waals surface area (Å²) in [5, 5.41) is 20.7. The molecule has 11 nitrogen and oxygen atoms in total. The third-order valence-electron chi connectivity index (χ3n) is 9.86. The SMILES string of the molecule is CCCCCCCCCCCCCC/C=C/O[C@H](COC(=O)CCCCCC[C@H]1C(=O)C[C@@H](O)[C@@H]1/C=C/[C@@H](O)CCCCC)COP(=O)(O)OCCN. The van der Waals surface area contributed by atoms with Crippen molar-refractivity contribution in [1.82, 2.24) is 0 Å². The van der Waals surface area contributed by atoms with Gasteiger partial charge in [0, 0.05) is 31.2 Å². The van der Waals surface area contributed by atoms with Crippen molar-refractivity contribution >= 4 is 19.6 Å². The molecule has 1 fully saturated rings. The minimum Gasteiger partial charge on any atom is -0.492 e. The van der Waals surface area contributed by atoms with E-state index in [1.54, 1.807) is 6.08 Å². The number of phosphoric acid groups is 1. The van der Waals surface area contributed by atoms with E-state index in [0.717, 1.165) is 57.8 Å². The van der Waals surface area contributed by atoms with E-state index in [2.05, 4.69) is 13.8 Å². The van der Waals surface area contributed by atoms with Gasteiger partial charge < -0.3 is 30.3 Å². The van der Waals surface area contributed by atoms with Gasteiger partial charge in [-0.1, -0.05) is 135 Å². The van der Waals surface area contributed by atoms with Crippen molar-refractivity contribution in [3.63, 3.8) is 0 Å². The van der Waals surface area contributed by atoms with Crippen LogP contribution in [-0.2, 0) is 32.7 Å². The maximum Gasteiger partial charge on any atom is 0.472 e. The monoisotopic (exact) mass is 774 g/mol. The van der Waals surface area contributed by atoms with Gasteiger partial charge in [-0.3, -0.25) is 18.6 Å². The third kappa shape index (κ3) is 26.8. The number of aliphatic hydroxyl groups excluding tert-OH is 2. The lowest BCUT2D eigenvalue weighted by molar-refractivity contribution is -0.147. The number of hydrogen-bond acceptors (Lipinski definition) is 10. The lowest BCUT2D eigenvalue weighted by atomic mass is 9.88. The topological polar surface area (TPSA) is 175 Å². The van der Waals surface area contributed by atoms with Crippen LogP contribution < -0.4 is 5.73 Å². The van der Waals surface area contributed by atoms with E-state index in [1.807, 2.05) is 12.2 Å². The van der Waals surface area contributed by atoms with Crippen LogP contribution in [0.5, 0.6) is 0 Å². The van der Waals surface area contributed by atoms with Crippen LogP contribution in [0.1, 0.15) is 168 Å². The molecule has 1 unspecified atom stereocenters. The van der Waals surface area contributed by atoms with E-state index in [-0.39, 0.29) is 56.8 Å². The molecule has 6 atom stereocenters. The van der Waals surface area contributed by atoms with Gasteiger partial charge in [0.2, 0.25) is 0 Å². The fourth-order valence-corrected chi connectivity index (χ4v) is 7.41. The number of carbonyl (C=O) groups is 2. The highest BCUT2D eigenvalue weighted by Crippen LogP contribution is 2.43. The van der Waals surface area contributed by atoms with Crippen molar-refractivity contribution in [2.45, 2.75) is 186 Å². The quantitative estimate of drug-likeness (QED) is 0.0157. The summed E-state index contributed by atoms with van der Waals surface area (Å²) in [4.78, 5) is 34.9. The van der Waals surface area contributed by atoms with Crippen LogP contribution in [0.25, 0.3) is 0 Å². The number of rotatable bonds is 36. The Bertz CT molecular complexity index is 1020. The zero-order chi connectivity index (χ0) is 39.0. The molecule has 0 heterocycles. The number of aliphatic hydroxyl groups is 2. The van der Waals surface area contributed by atoms with Crippen LogP contribution in [0, 0.1) is 11.8 Å². The fourth-order valence-electron chi connectivity index (χ4n) is 6.64. The molecule has 0 amide bonds. The first-order chi connectivity index (χ1) is 25.6. The number of allylic oxidation sites excluding steroid dienone is 1. The molecule has 1 aliphatic carbocycles. The molecular weight excluding hydrogens is 697 g/mol. The number of ketones is 1. The number of nitrogens with two attached hydrogens (primary N) is 1. The standard InChI is InChI=1S/C41H76NO10P/c1-3-5-7-8-9-10-11-12-13-14-15-16-19-23-30-49-36(34-52-53(47,48)51-31-29-42)33-50-41(46)26-22-18-17-21-25-37-38(40(45)32-39(37)44)28-27-35(43)24-20-6-4-2/h23,27-28,30,35-38,40,43,45H,3-22,24-26,29,31-34,42H2,1-2H3,(H,47,48)/b28-27+,30-23+/t35-,36+,37+,38+,40+/m0/s1. The van der Waals surface area contributed by atoms with Crippen molar-refractivity contribution in [2.24, 2.45) is 17.6 Å². The van der Waals surface area contributed by atoms with E-state index in [9.17, 15) is 29.3 Å². The molecule has 310 valence electrons.